The van der Waals surface area contributed by atoms with Gasteiger partial charge in [-0.25, -0.2) is 0 Å². The lowest BCUT2D eigenvalue weighted by Gasteiger charge is -2.55. The van der Waals surface area contributed by atoms with Crippen molar-refractivity contribution in [3.63, 3.8) is 0 Å². The van der Waals surface area contributed by atoms with Gasteiger partial charge in [0.15, 0.2) is 0 Å². The van der Waals surface area contributed by atoms with Crippen molar-refractivity contribution >= 4 is 17.3 Å². The van der Waals surface area contributed by atoms with Crippen LogP contribution in [0.1, 0.15) is 6.42 Å². The van der Waals surface area contributed by atoms with Crippen LogP contribution in [0.3, 0.4) is 0 Å². The summed E-state index contributed by atoms with van der Waals surface area (Å²) in [5, 5.41) is 0.876. The zero-order valence-corrected chi connectivity index (χ0v) is 9.61. The molecule has 2 bridgehead atoms. The Bertz CT molecular complexity index is 368. The van der Waals surface area contributed by atoms with E-state index in [2.05, 4.69) is 29.0 Å². The molecule has 4 rings (SSSR count). The Hall–Kier alpha value is -0.730. The molecule has 3 heteroatoms. The van der Waals surface area contributed by atoms with E-state index in [1.807, 2.05) is 12.1 Å². The average molecular weight is 223 g/mol. The van der Waals surface area contributed by atoms with Gasteiger partial charge in [0, 0.05) is 25.2 Å². The number of halogens is 1. The number of piperazine rings is 1. The maximum absolute atomic E-state index is 6.20. The van der Waals surface area contributed by atoms with Crippen LogP contribution >= 0.6 is 11.6 Å². The Morgan fingerprint density at radius 3 is 2.47 bits per heavy atom. The molecule has 2 atom stereocenters. The molecule has 0 spiro atoms. The molecular weight excluding hydrogens is 208 g/mol. The van der Waals surface area contributed by atoms with Crippen molar-refractivity contribution in [2.45, 2.75) is 18.5 Å². The highest BCUT2D eigenvalue weighted by Gasteiger charge is 2.42. The summed E-state index contributed by atoms with van der Waals surface area (Å²) in [7, 11) is 2.22. The highest BCUT2D eigenvalue weighted by molar-refractivity contribution is 6.33. The first-order valence-electron chi connectivity index (χ1n) is 5.47. The number of anilines is 1. The number of likely N-dealkylation sites (N-methyl/N-ethyl adjacent to an activating group) is 1. The zero-order chi connectivity index (χ0) is 10.4. The third kappa shape index (κ3) is 1.44. The fourth-order valence-electron chi connectivity index (χ4n) is 2.70. The number of fused-ring (bicyclic) bond motifs is 2. The molecule has 80 valence electrons. The van der Waals surface area contributed by atoms with E-state index >= 15 is 0 Å². The van der Waals surface area contributed by atoms with Crippen LogP contribution in [-0.4, -0.2) is 37.1 Å². The van der Waals surface area contributed by atoms with Crippen LogP contribution < -0.4 is 4.90 Å². The number of hydrogen-bond donors (Lipinski definition) is 0. The van der Waals surface area contributed by atoms with Gasteiger partial charge in [0.2, 0.25) is 0 Å². The van der Waals surface area contributed by atoms with E-state index in [1.54, 1.807) is 0 Å². The lowest BCUT2D eigenvalue weighted by Crippen LogP contribution is -2.67. The van der Waals surface area contributed by atoms with Gasteiger partial charge < -0.3 is 4.90 Å². The van der Waals surface area contributed by atoms with Crippen LogP contribution in [0.25, 0.3) is 0 Å². The Kier molecular flexibility index (Phi) is 2.15. The predicted octanol–water partition coefficient (Wildman–Crippen LogP) is 2.23. The van der Waals surface area contributed by atoms with Crippen molar-refractivity contribution in [3.8, 4) is 0 Å². The van der Waals surface area contributed by atoms with Crippen molar-refractivity contribution < 1.29 is 0 Å². The lowest BCUT2D eigenvalue weighted by molar-refractivity contribution is 0.0264. The first-order valence-corrected chi connectivity index (χ1v) is 5.85. The van der Waals surface area contributed by atoms with Crippen molar-refractivity contribution in [3.05, 3.63) is 29.3 Å². The molecule has 3 heterocycles. The minimum absolute atomic E-state index is 0.736. The summed E-state index contributed by atoms with van der Waals surface area (Å²) in [5.74, 6) is 0. The van der Waals surface area contributed by atoms with Crippen LogP contribution in [0, 0.1) is 0 Å². The summed E-state index contributed by atoms with van der Waals surface area (Å²) in [6.45, 7) is 2.24. The van der Waals surface area contributed by atoms with Crippen LogP contribution in [0.4, 0.5) is 5.69 Å². The summed E-state index contributed by atoms with van der Waals surface area (Å²) >= 11 is 6.20. The molecule has 0 radical (unpaired) electrons. The van der Waals surface area contributed by atoms with Gasteiger partial charge in [-0.3, -0.25) is 4.90 Å². The van der Waals surface area contributed by atoms with Gasteiger partial charge in [-0.15, -0.1) is 0 Å². The van der Waals surface area contributed by atoms with E-state index in [0.717, 1.165) is 30.2 Å². The largest absolute Gasteiger partial charge is 0.367 e. The summed E-state index contributed by atoms with van der Waals surface area (Å²) < 4.78 is 0. The van der Waals surface area contributed by atoms with Crippen LogP contribution in [0.2, 0.25) is 5.02 Å². The molecule has 1 aromatic carbocycles. The van der Waals surface area contributed by atoms with Gasteiger partial charge in [-0.2, -0.15) is 0 Å². The maximum Gasteiger partial charge on any atom is 0.0639 e. The summed E-state index contributed by atoms with van der Waals surface area (Å²) in [6.07, 6.45) is 1.36. The molecule has 3 fully saturated rings. The van der Waals surface area contributed by atoms with E-state index in [4.69, 9.17) is 11.6 Å². The first-order chi connectivity index (χ1) is 7.25. The minimum Gasteiger partial charge on any atom is -0.367 e. The second-order valence-corrected chi connectivity index (χ2v) is 4.97. The van der Waals surface area contributed by atoms with Gasteiger partial charge in [-0.05, 0) is 25.6 Å². The highest BCUT2D eigenvalue weighted by atomic mass is 35.5. The molecule has 2 unspecified atom stereocenters. The lowest BCUT2D eigenvalue weighted by atomic mass is 9.88. The standard InChI is InChI=1S/C12H15ClN2/c1-14-9-6-10(14)8-15(7-9)12-5-3-2-4-11(12)13/h2-5,9-10H,6-8H2,1H3. The van der Waals surface area contributed by atoms with Gasteiger partial charge in [0.1, 0.15) is 0 Å². The molecule has 0 aliphatic carbocycles. The van der Waals surface area contributed by atoms with Crippen molar-refractivity contribution in [2.75, 3.05) is 25.0 Å². The number of nitrogens with zero attached hydrogens (tertiary/aromatic N) is 2. The second kappa shape index (κ2) is 3.39. The third-order valence-corrected chi connectivity index (χ3v) is 4.07. The monoisotopic (exact) mass is 222 g/mol. The van der Waals surface area contributed by atoms with Gasteiger partial charge >= 0.3 is 0 Å². The fourth-order valence-corrected chi connectivity index (χ4v) is 2.96. The summed E-state index contributed by atoms with van der Waals surface area (Å²) in [5.41, 5.74) is 1.20. The molecule has 2 nitrogen and oxygen atoms in total. The Morgan fingerprint density at radius 2 is 1.87 bits per heavy atom. The predicted molar refractivity (Wildman–Crippen MR) is 63.6 cm³/mol. The molecule has 0 saturated carbocycles. The molecule has 3 saturated heterocycles. The summed E-state index contributed by atoms with van der Waals surface area (Å²) in [6, 6.07) is 9.61. The number of rotatable bonds is 1. The Morgan fingerprint density at radius 1 is 1.20 bits per heavy atom. The first kappa shape index (κ1) is 9.49. The van der Waals surface area contributed by atoms with E-state index in [-0.39, 0.29) is 0 Å². The molecule has 0 N–H and O–H groups in total. The van der Waals surface area contributed by atoms with E-state index in [1.165, 1.54) is 12.1 Å². The molecule has 3 aliphatic heterocycles. The van der Waals surface area contributed by atoms with Crippen molar-refractivity contribution in [2.24, 2.45) is 0 Å². The zero-order valence-electron chi connectivity index (χ0n) is 8.86. The Balaban J connectivity index is 1.83. The molecule has 1 aromatic rings. The Labute approximate surface area is 95.4 Å². The van der Waals surface area contributed by atoms with Crippen LogP contribution in [0.5, 0.6) is 0 Å². The smallest absolute Gasteiger partial charge is 0.0639 e. The third-order valence-electron chi connectivity index (χ3n) is 3.75. The quantitative estimate of drug-likeness (QED) is 0.719. The van der Waals surface area contributed by atoms with Crippen LogP contribution in [0.15, 0.2) is 24.3 Å². The average Bonchev–Trinajstić information content (AvgIpc) is 2.29. The maximum atomic E-state index is 6.20. The summed E-state index contributed by atoms with van der Waals surface area (Å²) in [4.78, 5) is 4.90. The number of benzene rings is 1. The minimum atomic E-state index is 0.736. The normalized spacial score (nSPS) is 30.1. The topological polar surface area (TPSA) is 6.48 Å². The SMILES string of the molecule is CN1C2CC1CN(c1ccccc1Cl)C2. The van der Waals surface area contributed by atoms with E-state index in [0.29, 0.717) is 0 Å². The molecule has 0 amide bonds. The van der Waals surface area contributed by atoms with E-state index in [9.17, 15) is 0 Å². The molecule has 0 aromatic heterocycles. The van der Waals surface area contributed by atoms with Crippen LogP contribution in [-0.2, 0) is 0 Å². The van der Waals surface area contributed by atoms with Crippen molar-refractivity contribution in [1.82, 2.24) is 4.90 Å². The number of hydrogen-bond acceptors (Lipinski definition) is 2. The number of para-hydroxylation sites is 1. The molecule has 3 aliphatic rings. The van der Waals surface area contributed by atoms with Crippen molar-refractivity contribution in [1.29, 1.82) is 0 Å². The molecular formula is C12H15ClN2. The highest BCUT2D eigenvalue weighted by Crippen LogP contribution is 2.35. The van der Waals surface area contributed by atoms with Gasteiger partial charge in [0.05, 0.1) is 10.7 Å². The second-order valence-electron chi connectivity index (χ2n) is 4.57. The van der Waals surface area contributed by atoms with Gasteiger partial charge in [-0.1, -0.05) is 23.7 Å². The van der Waals surface area contributed by atoms with E-state index < -0.39 is 0 Å². The van der Waals surface area contributed by atoms with Gasteiger partial charge in [0.25, 0.3) is 0 Å². The fraction of sp³-hybridized carbons (Fsp3) is 0.500. The number of piperidine rings is 1. The molecule has 15 heavy (non-hydrogen) atoms.